The molecule has 0 unspecified atom stereocenters. The van der Waals surface area contributed by atoms with Gasteiger partial charge in [-0.3, -0.25) is 9.35 Å². The Bertz CT molecular complexity index is 1210. The summed E-state index contributed by atoms with van der Waals surface area (Å²) in [4.78, 5) is 12.3. The predicted octanol–water partition coefficient (Wildman–Crippen LogP) is 3.88. The third-order valence-corrected chi connectivity index (χ3v) is 6.20. The second-order valence-corrected chi connectivity index (χ2v) is 9.02. The minimum atomic E-state index is -4.02. The zero-order chi connectivity index (χ0) is 22.0. The van der Waals surface area contributed by atoms with Gasteiger partial charge >= 0.3 is 0 Å². The molecule has 1 heterocycles. The van der Waals surface area contributed by atoms with Gasteiger partial charge in [-0.2, -0.15) is 8.42 Å². The number of carbonyl (C=O) groups is 1. The maximum absolute atomic E-state index is 12.4. The van der Waals surface area contributed by atoms with E-state index in [1.165, 1.54) is 12.1 Å². The van der Waals surface area contributed by atoms with Crippen molar-refractivity contribution in [2.45, 2.75) is 24.3 Å². The van der Waals surface area contributed by atoms with E-state index in [4.69, 9.17) is 9.29 Å². The molecule has 7 heteroatoms. The summed E-state index contributed by atoms with van der Waals surface area (Å²) in [5.74, 6) is 0.893. The maximum Gasteiger partial charge on any atom is 0.294 e. The highest BCUT2D eigenvalue weighted by molar-refractivity contribution is 7.85. The number of aryl methyl sites for hydroxylation is 1. The lowest BCUT2D eigenvalue weighted by Crippen LogP contribution is -2.19. The molecule has 6 nitrogen and oxygen atoms in total. The molecule has 0 amide bonds. The van der Waals surface area contributed by atoms with Crippen LogP contribution in [0.5, 0.6) is 5.75 Å². The zero-order valence-corrected chi connectivity index (χ0v) is 17.9. The summed E-state index contributed by atoms with van der Waals surface area (Å²) in [6.07, 6.45) is 1.23. The Morgan fingerprint density at radius 2 is 1.61 bits per heavy atom. The van der Waals surface area contributed by atoms with E-state index in [1.54, 1.807) is 12.1 Å². The third kappa shape index (κ3) is 4.69. The first-order valence-electron chi connectivity index (χ1n) is 10.0. The average Bonchev–Trinajstić information content (AvgIpc) is 3.35. The van der Waals surface area contributed by atoms with Crippen molar-refractivity contribution in [1.82, 2.24) is 5.32 Å². The number of ketones is 1. The summed E-state index contributed by atoms with van der Waals surface area (Å²) >= 11 is 0. The van der Waals surface area contributed by atoms with E-state index in [0.29, 0.717) is 0 Å². The molecule has 2 aliphatic rings. The summed E-state index contributed by atoms with van der Waals surface area (Å²) in [5.41, 5.74) is 4.55. The molecular formula is C24H23NO5S. The summed E-state index contributed by atoms with van der Waals surface area (Å²) in [7, 11) is -4.02. The van der Waals surface area contributed by atoms with Crippen LogP contribution in [0.25, 0.3) is 11.1 Å². The minimum absolute atomic E-state index is 0.0666. The number of benzene rings is 3. The van der Waals surface area contributed by atoms with E-state index in [-0.39, 0.29) is 16.8 Å². The van der Waals surface area contributed by atoms with Gasteiger partial charge < -0.3 is 10.1 Å². The third-order valence-electron chi connectivity index (χ3n) is 5.33. The highest BCUT2D eigenvalue weighted by atomic mass is 32.2. The number of carbonyl (C=O) groups excluding carboxylic acids is 1. The topological polar surface area (TPSA) is 92.7 Å². The van der Waals surface area contributed by atoms with Gasteiger partial charge in [-0.05, 0) is 61.3 Å². The number of nitrogens with one attached hydrogen (secondary N) is 1. The van der Waals surface area contributed by atoms with E-state index in [9.17, 15) is 13.2 Å². The fourth-order valence-electron chi connectivity index (χ4n) is 3.71. The van der Waals surface area contributed by atoms with E-state index in [2.05, 4.69) is 5.32 Å². The predicted molar refractivity (Wildman–Crippen MR) is 118 cm³/mol. The Balaban J connectivity index is 0.000000180. The van der Waals surface area contributed by atoms with Gasteiger partial charge in [0.2, 0.25) is 0 Å². The van der Waals surface area contributed by atoms with E-state index in [0.717, 1.165) is 53.1 Å². The van der Waals surface area contributed by atoms with Gasteiger partial charge in [-0.1, -0.05) is 42.0 Å². The van der Waals surface area contributed by atoms with Crippen LogP contribution < -0.4 is 10.1 Å². The minimum Gasteiger partial charge on any atom is -0.489 e. The van der Waals surface area contributed by atoms with Crippen molar-refractivity contribution in [2.24, 2.45) is 0 Å². The Kier molecular flexibility index (Phi) is 5.91. The van der Waals surface area contributed by atoms with Crippen molar-refractivity contribution in [3.63, 3.8) is 0 Å². The molecule has 3 aromatic carbocycles. The van der Waals surface area contributed by atoms with Gasteiger partial charge in [0, 0.05) is 17.7 Å². The van der Waals surface area contributed by atoms with Crippen molar-refractivity contribution in [1.29, 1.82) is 0 Å². The van der Waals surface area contributed by atoms with Gasteiger partial charge in [0.15, 0.2) is 5.78 Å². The number of fused-ring (bicyclic) bond motifs is 3. The molecule has 1 aliphatic carbocycles. The smallest absolute Gasteiger partial charge is 0.294 e. The molecule has 1 saturated heterocycles. The van der Waals surface area contributed by atoms with Crippen LogP contribution >= 0.6 is 0 Å². The highest BCUT2D eigenvalue weighted by Gasteiger charge is 2.27. The summed E-state index contributed by atoms with van der Waals surface area (Å²) < 4.78 is 35.5. The second-order valence-electron chi connectivity index (χ2n) is 7.60. The van der Waals surface area contributed by atoms with E-state index < -0.39 is 10.1 Å². The molecule has 31 heavy (non-hydrogen) atoms. The highest BCUT2D eigenvalue weighted by Crippen LogP contribution is 2.38. The van der Waals surface area contributed by atoms with Gasteiger partial charge in [-0.25, -0.2) is 0 Å². The first-order chi connectivity index (χ1) is 14.8. The van der Waals surface area contributed by atoms with Crippen molar-refractivity contribution in [2.75, 3.05) is 13.1 Å². The van der Waals surface area contributed by atoms with E-state index >= 15 is 0 Å². The zero-order valence-electron chi connectivity index (χ0n) is 17.0. The molecule has 1 fully saturated rings. The van der Waals surface area contributed by atoms with Crippen molar-refractivity contribution in [3.8, 4) is 16.9 Å². The monoisotopic (exact) mass is 437 g/mol. The molecule has 0 aromatic heterocycles. The molecule has 160 valence electrons. The van der Waals surface area contributed by atoms with Crippen LogP contribution in [0.3, 0.4) is 0 Å². The van der Waals surface area contributed by atoms with Gasteiger partial charge in [0.05, 0.1) is 4.90 Å². The molecule has 0 saturated carbocycles. The largest absolute Gasteiger partial charge is 0.489 e. The SMILES string of the molecule is Cc1ccc(S(=O)(=O)O)cc1.O=C1c2ccccc2-c2ccc(O[C@H]3CCNC3)cc21. The van der Waals surface area contributed by atoms with Gasteiger partial charge in [-0.15, -0.1) is 0 Å². The van der Waals surface area contributed by atoms with Crippen molar-refractivity contribution >= 4 is 15.9 Å². The first kappa shape index (κ1) is 21.2. The number of hydrogen-bond acceptors (Lipinski definition) is 5. The summed E-state index contributed by atoms with van der Waals surface area (Å²) in [6.45, 7) is 3.72. The molecule has 5 rings (SSSR count). The van der Waals surface area contributed by atoms with Gasteiger partial charge in [0.25, 0.3) is 10.1 Å². The standard InChI is InChI=1S/C17H15NO2.C7H8O3S/c19-17-15-4-2-1-3-13(15)14-6-5-11(9-16(14)17)20-12-7-8-18-10-12;1-6-2-4-7(5-3-6)11(8,9)10/h1-6,9,12,18H,7-8,10H2;2-5H,1H3,(H,8,9,10)/t12-;/m0./s1. The second kappa shape index (κ2) is 8.63. The van der Waals surface area contributed by atoms with Gasteiger partial charge in [0.1, 0.15) is 11.9 Å². The normalized spacial score (nSPS) is 16.8. The molecule has 0 bridgehead atoms. The number of rotatable bonds is 3. The van der Waals surface area contributed by atoms with Crippen LogP contribution in [0.4, 0.5) is 0 Å². The number of hydrogen-bond donors (Lipinski definition) is 2. The Hall–Kier alpha value is -3.00. The van der Waals surface area contributed by atoms with Crippen molar-refractivity contribution in [3.05, 3.63) is 83.4 Å². The van der Waals surface area contributed by atoms with Crippen LogP contribution in [-0.4, -0.2) is 37.9 Å². The lowest BCUT2D eigenvalue weighted by molar-refractivity contribution is 0.104. The van der Waals surface area contributed by atoms with Crippen LogP contribution in [0.1, 0.15) is 27.9 Å². The molecule has 0 radical (unpaired) electrons. The van der Waals surface area contributed by atoms with Crippen LogP contribution in [0.2, 0.25) is 0 Å². The number of ether oxygens (including phenoxy) is 1. The fourth-order valence-corrected chi connectivity index (χ4v) is 4.19. The Morgan fingerprint density at radius 3 is 2.26 bits per heavy atom. The molecule has 1 aliphatic heterocycles. The maximum atomic E-state index is 12.4. The molecule has 0 spiro atoms. The lowest BCUT2D eigenvalue weighted by atomic mass is 10.1. The van der Waals surface area contributed by atoms with Crippen LogP contribution in [0, 0.1) is 6.92 Å². The molecule has 1 atom stereocenters. The first-order valence-corrected chi connectivity index (χ1v) is 11.5. The molecule has 3 aromatic rings. The van der Waals surface area contributed by atoms with Crippen LogP contribution in [0.15, 0.2) is 71.6 Å². The molecule has 2 N–H and O–H groups in total. The Labute approximate surface area is 181 Å². The van der Waals surface area contributed by atoms with Crippen molar-refractivity contribution < 1.29 is 22.5 Å². The quantitative estimate of drug-likeness (QED) is 0.473. The average molecular weight is 438 g/mol. The fraction of sp³-hybridized carbons (Fsp3) is 0.208. The molecular weight excluding hydrogens is 414 g/mol. The lowest BCUT2D eigenvalue weighted by Gasteiger charge is -2.13. The van der Waals surface area contributed by atoms with Crippen LogP contribution in [-0.2, 0) is 10.1 Å². The Morgan fingerprint density at radius 1 is 0.935 bits per heavy atom. The summed E-state index contributed by atoms with van der Waals surface area (Å²) in [6, 6.07) is 19.6. The summed E-state index contributed by atoms with van der Waals surface area (Å²) in [5, 5.41) is 3.28. The van der Waals surface area contributed by atoms with E-state index in [1.807, 2.05) is 49.4 Å².